The Bertz CT molecular complexity index is 496. The monoisotopic (exact) mass is 288 g/mol. The zero-order valence-electron chi connectivity index (χ0n) is 12.9. The summed E-state index contributed by atoms with van der Waals surface area (Å²) in [6.07, 6.45) is 3.63. The van der Waals surface area contributed by atoms with E-state index in [-0.39, 0.29) is 17.7 Å². The van der Waals surface area contributed by atoms with Crippen LogP contribution in [0.4, 0.5) is 5.69 Å². The van der Waals surface area contributed by atoms with Crippen molar-refractivity contribution in [2.45, 2.75) is 39.5 Å². The van der Waals surface area contributed by atoms with Crippen LogP contribution in [-0.4, -0.2) is 29.8 Å². The van der Waals surface area contributed by atoms with E-state index in [9.17, 15) is 9.59 Å². The summed E-state index contributed by atoms with van der Waals surface area (Å²) in [7, 11) is 0. The van der Waals surface area contributed by atoms with E-state index in [4.69, 9.17) is 0 Å². The van der Waals surface area contributed by atoms with Gasteiger partial charge in [0.2, 0.25) is 11.8 Å². The highest BCUT2D eigenvalue weighted by molar-refractivity contribution is 5.97. The van der Waals surface area contributed by atoms with Crippen LogP contribution < -0.4 is 5.32 Å². The van der Waals surface area contributed by atoms with Gasteiger partial charge in [0.05, 0.1) is 5.92 Å². The number of carbonyl (C=O) groups excluding carboxylic acids is 2. The number of rotatable bonds is 6. The lowest BCUT2D eigenvalue weighted by atomic mass is 10.1. The zero-order chi connectivity index (χ0) is 15.2. The van der Waals surface area contributed by atoms with Crippen molar-refractivity contribution >= 4 is 17.5 Å². The van der Waals surface area contributed by atoms with Gasteiger partial charge in [0.15, 0.2) is 0 Å². The van der Waals surface area contributed by atoms with Gasteiger partial charge in [-0.3, -0.25) is 9.59 Å². The van der Waals surface area contributed by atoms with E-state index >= 15 is 0 Å². The first-order valence-corrected chi connectivity index (χ1v) is 7.75. The van der Waals surface area contributed by atoms with Crippen LogP contribution in [0.5, 0.6) is 0 Å². The lowest BCUT2D eigenvalue weighted by Crippen LogP contribution is -2.29. The van der Waals surface area contributed by atoms with Gasteiger partial charge in [-0.05, 0) is 25.5 Å². The Hall–Kier alpha value is -1.84. The Labute approximate surface area is 126 Å². The number of carbonyl (C=O) groups is 2. The lowest BCUT2D eigenvalue weighted by Gasteiger charge is -2.16. The molecule has 1 heterocycles. The molecule has 21 heavy (non-hydrogen) atoms. The first-order chi connectivity index (χ1) is 10.1. The van der Waals surface area contributed by atoms with E-state index in [1.54, 1.807) is 0 Å². The molecule has 1 fully saturated rings. The first-order valence-electron chi connectivity index (χ1n) is 7.75. The molecule has 0 unspecified atom stereocenters. The average Bonchev–Trinajstić information content (AvgIpc) is 2.83. The predicted molar refractivity (Wildman–Crippen MR) is 84.0 cm³/mol. The molecule has 1 aliphatic heterocycles. The van der Waals surface area contributed by atoms with Crippen molar-refractivity contribution in [1.82, 2.24) is 4.90 Å². The summed E-state index contributed by atoms with van der Waals surface area (Å²) >= 11 is 0. The van der Waals surface area contributed by atoms with Crippen molar-refractivity contribution in [1.29, 1.82) is 0 Å². The predicted octanol–water partition coefficient (Wildman–Crippen LogP) is 2.97. The fraction of sp³-hybridized carbons (Fsp3) is 0.529. The molecule has 0 aromatic heterocycles. The van der Waals surface area contributed by atoms with E-state index in [0.717, 1.165) is 37.1 Å². The number of hydrogen-bond acceptors (Lipinski definition) is 2. The van der Waals surface area contributed by atoms with Crippen LogP contribution in [0.1, 0.15) is 38.2 Å². The number of hydrogen-bond donors (Lipinski definition) is 1. The summed E-state index contributed by atoms with van der Waals surface area (Å²) < 4.78 is 0. The second-order valence-corrected chi connectivity index (χ2v) is 5.80. The van der Waals surface area contributed by atoms with Crippen LogP contribution >= 0.6 is 0 Å². The Morgan fingerprint density at radius 3 is 2.67 bits per heavy atom. The molecule has 1 atom stereocenters. The van der Waals surface area contributed by atoms with Crippen molar-refractivity contribution in [3.63, 3.8) is 0 Å². The molecule has 0 radical (unpaired) electrons. The summed E-state index contributed by atoms with van der Waals surface area (Å²) in [6, 6.07) is 7.71. The number of nitrogens with one attached hydrogen (secondary N) is 1. The van der Waals surface area contributed by atoms with Gasteiger partial charge in [0, 0.05) is 25.2 Å². The van der Waals surface area contributed by atoms with Gasteiger partial charge in [-0.2, -0.15) is 0 Å². The summed E-state index contributed by atoms with van der Waals surface area (Å²) in [5, 5.41) is 2.90. The van der Waals surface area contributed by atoms with E-state index in [1.807, 2.05) is 36.1 Å². The Morgan fingerprint density at radius 1 is 1.29 bits per heavy atom. The topological polar surface area (TPSA) is 49.4 Å². The van der Waals surface area contributed by atoms with Gasteiger partial charge < -0.3 is 10.2 Å². The van der Waals surface area contributed by atoms with Crippen LogP contribution in [0.25, 0.3) is 0 Å². The molecule has 1 aromatic rings. The molecule has 4 heteroatoms. The third kappa shape index (κ3) is 4.31. The first kappa shape index (κ1) is 15.5. The van der Waals surface area contributed by atoms with Crippen LogP contribution in [0.2, 0.25) is 0 Å². The number of amides is 2. The van der Waals surface area contributed by atoms with Crippen molar-refractivity contribution in [3.8, 4) is 0 Å². The number of anilines is 1. The molecular formula is C17H24N2O2. The maximum atomic E-state index is 12.2. The van der Waals surface area contributed by atoms with E-state index in [1.165, 1.54) is 0 Å². The van der Waals surface area contributed by atoms with Gasteiger partial charge in [0.25, 0.3) is 0 Å². The maximum absolute atomic E-state index is 12.2. The Morgan fingerprint density at radius 2 is 2.00 bits per heavy atom. The molecule has 1 aliphatic rings. The highest BCUT2D eigenvalue weighted by Crippen LogP contribution is 2.20. The molecule has 114 valence electrons. The van der Waals surface area contributed by atoms with Crippen LogP contribution in [0.3, 0.4) is 0 Å². The van der Waals surface area contributed by atoms with Crippen molar-refractivity contribution in [2.24, 2.45) is 5.92 Å². The second kappa shape index (κ2) is 7.25. The average molecular weight is 288 g/mol. The van der Waals surface area contributed by atoms with Crippen LogP contribution in [0.15, 0.2) is 24.3 Å². The SMILES string of the molecule is CCCCCN1C[C@@H](C(=O)Nc2ccc(C)cc2)CC1=O. The van der Waals surface area contributed by atoms with E-state index in [2.05, 4.69) is 12.2 Å². The van der Waals surface area contributed by atoms with Gasteiger partial charge in [0.1, 0.15) is 0 Å². The summed E-state index contributed by atoms with van der Waals surface area (Å²) in [5.41, 5.74) is 1.95. The molecule has 0 saturated carbocycles. The highest BCUT2D eigenvalue weighted by atomic mass is 16.2. The Balaban J connectivity index is 1.86. The standard InChI is InChI=1S/C17H24N2O2/c1-3-4-5-10-19-12-14(11-16(19)20)17(21)18-15-8-6-13(2)7-9-15/h6-9,14H,3-5,10-12H2,1-2H3,(H,18,21)/t14-/m0/s1. The number of benzene rings is 1. The van der Waals surface area contributed by atoms with Crippen molar-refractivity contribution in [2.75, 3.05) is 18.4 Å². The van der Waals surface area contributed by atoms with E-state index < -0.39 is 0 Å². The number of likely N-dealkylation sites (tertiary alicyclic amines) is 1. The molecule has 2 rings (SSSR count). The quantitative estimate of drug-likeness (QED) is 0.818. The molecular weight excluding hydrogens is 264 g/mol. The van der Waals surface area contributed by atoms with E-state index in [0.29, 0.717) is 13.0 Å². The summed E-state index contributed by atoms with van der Waals surface area (Å²) in [6.45, 7) is 5.49. The zero-order valence-corrected chi connectivity index (χ0v) is 12.9. The minimum atomic E-state index is -0.222. The fourth-order valence-corrected chi connectivity index (χ4v) is 2.60. The smallest absolute Gasteiger partial charge is 0.229 e. The number of unbranched alkanes of at least 4 members (excludes halogenated alkanes) is 2. The molecule has 4 nitrogen and oxygen atoms in total. The largest absolute Gasteiger partial charge is 0.342 e. The van der Waals surface area contributed by atoms with Gasteiger partial charge >= 0.3 is 0 Å². The second-order valence-electron chi connectivity index (χ2n) is 5.80. The van der Waals surface area contributed by atoms with Gasteiger partial charge in [-0.15, -0.1) is 0 Å². The van der Waals surface area contributed by atoms with Gasteiger partial charge in [-0.25, -0.2) is 0 Å². The minimum Gasteiger partial charge on any atom is -0.342 e. The third-order valence-corrected chi connectivity index (χ3v) is 3.94. The summed E-state index contributed by atoms with van der Waals surface area (Å²) in [5.74, 6) is -0.166. The van der Waals surface area contributed by atoms with Crippen LogP contribution in [-0.2, 0) is 9.59 Å². The molecule has 0 aliphatic carbocycles. The minimum absolute atomic E-state index is 0.0507. The number of nitrogens with zero attached hydrogens (tertiary/aromatic N) is 1. The highest BCUT2D eigenvalue weighted by Gasteiger charge is 2.33. The molecule has 1 N–H and O–H groups in total. The molecule has 1 saturated heterocycles. The molecule has 0 bridgehead atoms. The molecule has 0 spiro atoms. The fourth-order valence-electron chi connectivity index (χ4n) is 2.60. The lowest BCUT2D eigenvalue weighted by molar-refractivity contribution is -0.128. The number of aryl methyl sites for hydroxylation is 1. The summed E-state index contributed by atoms with van der Waals surface area (Å²) in [4.78, 5) is 26.0. The molecule has 2 amide bonds. The van der Waals surface area contributed by atoms with Crippen molar-refractivity contribution < 1.29 is 9.59 Å². The molecule has 1 aromatic carbocycles. The maximum Gasteiger partial charge on any atom is 0.229 e. The van der Waals surface area contributed by atoms with Crippen molar-refractivity contribution in [3.05, 3.63) is 29.8 Å². The Kier molecular flexibility index (Phi) is 5.37. The third-order valence-electron chi connectivity index (χ3n) is 3.94. The van der Waals surface area contributed by atoms with Gasteiger partial charge in [-0.1, -0.05) is 37.5 Å². The normalized spacial score (nSPS) is 18.1. The van der Waals surface area contributed by atoms with Crippen LogP contribution in [0, 0.1) is 12.8 Å².